The third kappa shape index (κ3) is 3.66. The Morgan fingerprint density at radius 1 is 1.14 bits per heavy atom. The molecule has 3 saturated heterocycles. The summed E-state index contributed by atoms with van der Waals surface area (Å²) in [5, 5.41) is 13.7. The highest BCUT2D eigenvalue weighted by molar-refractivity contribution is 5.99. The maximum absolute atomic E-state index is 13.8. The first-order chi connectivity index (χ1) is 16.7. The van der Waals surface area contributed by atoms with Crippen LogP contribution in [0.5, 0.6) is 0 Å². The van der Waals surface area contributed by atoms with E-state index in [0.717, 1.165) is 22.8 Å². The van der Waals surface area contributed by atoms with E-state index in [-0.39, 0.29) is 30.3 Å². The van der Waals surface area contributed by atoms with Gasteiger partial charge in [-0.1, -0.05) is 56.3 Å². The number of carboxylic acid groups (broad SMARTS) is 1. The van der Waals surface area contributed by atoms with Gasteiger partial charge in [-0.25, -0.2) is 0 Å². The van der Waals surface area contributed by atoms with Crippen molar-refractivity contribution >= 4 is 34.5 Å². The molecule has 35 heavy (non-hydrogen) atoms. The zero-order valence-corrected chi connectivity index (χ0v) is 20.1. The minimum atomic E-state index is -1.15. The lowest BCUT2D eigenvalue weighted by atomic mass is 9.75. The molecule has 3 aliphatic rings. The quantitative estimate of drug-likeness (QED) is 0.637. The first kappa shape index (κ1) is 23.3. The highest BCUT2D eigenvalue weighted by Crippen LogP contribution is 2.58. The zero-order chi connectivity index (χ0) is 24.9. The topological polar surface area (TPSA) is 107 Å². The summed E-state index contributed by atoms with van der Waals surface area (Å²) in [4.78, 5) is 55.5. The molecule has 2 aromatic rings. The van der Waals surface area contributed by atoms with Crippen LogP contribution in [0.2, 0.25) is 0 Å². The molecule has 8 nitrogen and oxygen atoms in total. The number of nitrogens with one attached hydrogen (secondary N) is 1. The van der Waals surface area contributed by atoms with E-state index < -0.39 is 35.9 Å². The van der Waals surface area contributed by atoms with Gasteiger partial charge in [0, 0.05) is 19.0 Å². The largest absolute Gasteiger partial charge is 0.480 e. The van der Waals surface area contributed by atoms with Crippen LogP contribution in [0.4, 0.5) is 0 Å². The fourth-order valence-corrected chi connectivity index (χ4v) is 6.69. The normalized spacial score (nSPS) is 27.1. The SMILES string of the molecule is CC(C)CC(=O)N1[C@H]2CC[C@]13[C@H](C2)C(=O)N(Cc1cccc2ccccc12)[C@H]3C(=O)NCC(=O)O. The van der Waals surface area contributed by atoms with Gasteiger partial charge in [0.2, 0.25) is 17.7 Å². The summed E-state index contributed by atoms with van der Waals surface area (Å²) in [5.74, 6) is -2.11. The lowest BCUT2D eigenvalue weighted by Crippen LogP contribution is -2.61. The van der Waals surface area contributed by atoms with Crippen molar-refractivity contribution in [3.63, 3.8) is 0 Å². The second kappa shape index (κ2) is 8.66. The molecule has 4 atom stereocenters. The Bertz CT molecular complexity index is 1210. The van der Waals surface area contributed by atoms with Gasteiger partial charge < -0.3 is 20.2 Å². The van der Waals surface area contributed by atoms with Gasteiger partial charge in [-0.05, 0) is 41.5 Å². The van der Waals surface area contributed by atoms with Gasteiger partial charge in [0.05, 0.1) is 11.5 Å². The van der Waals surface area contributed by atoms with E-state index in [0.29, 0.717) is 19.3 Å². The number of benzene rings is 2. The Morgan fingerprint density at radius 2 is 1.89 bits per heavy atom. The Balaban J connectivity index is 1.57. The minimum Gasteiger partial charge on any atom is -0.480 e. The number of carbonyl (C=O) groups is 4. The highest BCUT2D eigenvalue weighted by atomic mass is 16.4. The van der Waals surface area contributed by atoms with Gasteiger partial charge >= 0.3 is 5.97 Å². The molecule has 1 spiro atoms. The third-order valence-electron chi connectivity index (χ3n) is 7.90. The Morgan fingerprint density at radius 3 is 2.63 bits per heavy atom. The molecule has 0 saturated carbocycles. The van der Waals surface area contributed by atoms with Crippen LogP contribution in [0.1, 0.15) is 45.1 Å². The van der Waals surface area contributed by atoms with Crippen LogP contribution in [-0.2, 0) is 25.7 Å². The zero-order valence-electron chi connectivity index (χ0n) is 20.1. The summed E-state index contributed by atoms with van der Waals surface area (Å²) in [5.41, 5.74) is -0.0144. The van der Waals surface area contributed by atoms with Crippen LogP contribution in [0.15, 0.2) is 42.5 Å². The van der Waals surface area contributed by atoms with E-state index in [1.807, 2.05) is 61.2 Å². The fourth-order valence-electron chi connectivity index (χ4n) is 6.69. The number of hydrogen-bond acceptors (Lipinski definition) is 4. The van der Waals surface area contributed by atoms with Crippen molar-refractivity contribution in [2.24, 2.45) is 11.8 Å². The summed E-state index contributed by atoms with van der Waals surface area (Å²) >= 11 is 0. The van der Waals surface area contributed by atoms with Gasteiger partial charge in [-0.15, -0.1) is 0 Å². The van der Waals surface area contributed by atoms with Crippen molar-refractivity contribution in [2.75, 3.05) is 6.54 Å². The van der Waals surface area contributed by atoms with E-state index in [4.69, 9.17) is 0 Å². The third-order valence-corrected chi connectivity index (χ3v) is 7.90. The Hall–Kier alpha value is -3.42. The summed E-state index contributed by atoms with van der Waals surface area (Å²) in [6, 6.07) is 12.8. The standard InChI is InChI=1S/C27H31N3O5/c1-16(2)12-22(31)30-19-10-11-27(30)21(13-19)26(35)29(24(27)25(34)28-14-23(32)33)15-18-8-5-7-17-6-3-4-9-20(17)18/h3-9,16,19,21,24H,10-15H2,1-2H3,(H,28,34)(H,32,33)/t19-,21+,24-,27+/m0/s1. The monoisotopic (exact) mass is 477 g/mol. The second-order valence-corrected chi connectivity index (χ2v) is 10.5. The molecular weight excluding hydrogens is 446 g/mol. The van der Waals surface area contributed by atoms with Crippen molar-refractivity contribution in [1.82, 2.24) is 15.1 Å². The second-order valence-electron chi connectivity index (χ2n) is 10.5. The maximum Gasteiger partial charge on any atom is 0.322 e. The number of likely N-dealkylation sites (tertiary alicyclic amines) is 1. The predicted molar refractivity (Wildman–Crippen MR) is 129 cm³/mol. The number of nitrogens with zero attached hydrogens (tertiary/aromatic N) is 2. The Labute approximate surface area is 204 Å². The fraction of sp³-hybridized carbons (Fsp3) is 0.481. The van der Waals surface area contributed by atoms with Crippen LogP contribution in [-0.4, -0.2) is 62.8 Å². The average Bonchev–Trinajstić information content (AvgIpc) is 3.42. The van der Waals surface area contributed by atoms with Crippen LogP contribution in [0, 0.1) is 11.8 Å². The lowest BCUT2D eigenvalue weighted by Gasteiger charge is -2.40. The number of carboxylic acids is 1. The van der Waals surface area contributed by atoms with Gasteiger partial charge in [0.15, 0.2) is 0 Å². The van der Waals surface area contributed by atoms with Gasteiger partial charge in [-0.3, -0.25) is 19.2 Å². The first-order valence-corrected chi connectivity index (χ1v) is 12.3. The number of carbonyl (C=O) groups excluding carboxylic acids is 3. The first-order valence-electron chi connectivity index (χ1n) is 12.3. The lowest BCUT2D eigenvalue weighted by molar-refractivity contribution is -0.144. The Kier molecular flexibility index (Phi) is 5.77. The molecule has 0 aliphatic carbocycles. The molecule has 0 aromatic heterocycles. The predicted octanol–water partition coefficient (Wildman–Crippen LogP) is 2.55. The number of amides is 3. The molecule has 5 rings (SSSR count). The van der Waals surface area contributed by atoms with Crippen molar-refractivity contribution in [3.05, 3.63) is 48.0 Å². The molecule has 3 amide bonds. The van der Waals surface area contributed by atoms with E-state index in [9.17, 15) is 24.3 Å². The smallest absolute Gasteiger partial charge is 0.322 e. The van der Waals surface area contributed by atoms with Crippen molar-refractivity contribution < 1.29 is 24.3 Å². The molecule has 8 heteroatoms. The molecule has 2 N–H and O–H groups in total. The molecular formula is C27H31N3O5. The molecule has 3 heterocycles. The van der Waals surface area contributed by atoms with Crippen LogP contribution < -0.4 is 5.32 Å². The molecule has 2 aromatic carbocycles. The van der Waals surface area contributed by atoms with Crippen molar-refractivity contribution in [1.29, 1.82) is 0 Å². The van der Waals surface area contributed by atoms with E-state index in [1.54, 1.807) is 4.90 Å². The van der Waals surface area contributed by atoms with Crippen molar-refractivity contribution in [3.8, 4) is 0 Å². The minimum absolute atomic E-state index is 0.0270. The van der Waals surface area contributed by atoms with Crippen LogP contribution in [0.25, 0.3) is 10.8 Å². The van der Waals surface area contributed by atoms with Crippen molar-refractivity contribution in [2.45, 2.75) is 63.7 Å². The molecule has 3 aliphatic heterocycles. The van der Waals surface area contributed by atoms with Gasteiger partial charge in [0.1, 0.15) is 12.6 Å². The van der Waals surface area contributed by atoms with Gasteiger partial charge in [-0.2, -0.15) is 0 Å². The average molecular weight is 478 g/mol. The molecule has 0 radical (unpaired) electrons. The molecule has 2 bridgehead atoms. The summed E-state index contributed by atoms with van der Waals surface area (Å²) in [6.45, 7) is 3.65. The van der Waals surface area contributed by atoms with E-state index in [1.165, 1.54) is 0 Å². The van der Waals surface area contributed by atoms with E-state index >= 15 is 0 Å². The van der Waals surface area contributed by atoms with Crippen LogP contribution >= 0.6 is 0 Å². The highest BCUT2D eigenvalue weighted by Gasteiger charge is 2.72. The maximum atomic E-state index is 13.8. The summed E-state index contributed by atoms with van der Waals surface area (Å²) in [7, 11) is 0. The van der Waals surface area contributed by atoms with Crippen LogP contribution in [0.3, 0.4) is 0 Å². The molecule has 184 valence electrons. The number of fused-ring (bicyclic) bond motifs is 2. The number of hydrogen-bond donors (Lipinski definition) is 2. The molecule has 0 unspecified atom stereocenters. The van der Waals surface area contributed by atoms with Gasteiger partial charge in [0.25, 0.3) is 0 Å². The summed E-state index contributed by atoms with van der Waals surface area (Å²) < 4.78 is 0. The number of rotatable bonds is 7. The molecule has 3 fully saturated rings. The van der Waals surface area contributed by atoms with E-state index in [2.05, 4.69) is 5.32 Å². The number of aliphatic carboxylic acids is 1. The summed E-state index contributed by atoms with van der Waals surface area (Å²) in [6.07, 6.45) is 2.22.